The lowest BCUT2D eigenvalue weighted by atomic mass is 9.98. The highest BCUT2D eigenvalue weighted by molar-refractivity contribution is 7.15. The van der Waals surface area contributed by atoms with Gasteiger partial charge in [-0.25, -0.2) is 0 Å². The van der Waals surface area contributed by atoms with Crippen molar-refractivity contribution in [2.45, 2.75) is 19.0 Å². The number of alkyl halides is 3. The maximum atomic E-state index is 13.2. The number of hydrogen-bond acceptors (Lipinski definition) is 6. The quantitative estimate of drug-likeness (QED) is 0.594. The molecular weight excluding hydrogens is 429 g/mol. The predicted molar refractivity (Wildman–Crippen MR) is 109 cm³/mol. The first-order valence-electron chi connectivity index (χ1n) is 9.21. The number of pyridine rings is 1. The minimum atomic E-state index is -4.55. The van der Waals surface area contributed by atoms with Crippen LogP contribution in [0.4, 0.5) is 18.3 Å². The molecule has 0 unspecified atom stereocenters. The van der Waals surface area contributed by atoms with Gasteiger partial charge in [-0.3, -0.25) is 15.1 Å². The van der Waals surface area contributed by atoms with Crippen molar-refractivity contribution in [1.29, 1.82) is 0 Å². The summed E-state index contributed by atoms with van der Waals surface area (Å²) in [5.74, 6) is 6.02. The number of amides is 1. The standard InChI is InChI=1S/C21H15F3N4O2S/c1-30-17-6-5-13(21(22,23)24)10-15(17)16-11-25-9-8-14(16)19(29)26-20-28-27-18(31-20)7-4-12-2-3-12/h5-6,8-12H,2-3H2,1H3,(H,26,28,29). The Morgan fingerprint density at radius 3 is 2.74 bits per heavy atom. The summed E-state index contributed by atoms with van der Waals surface area (Å²) in [4.78, 5) is 16.8. The first kappa shape index (κ1) is 20.8. The zero-order chi connectivity index (χ0) is 22.0. The molecule has 10 heteroatoms. The van der Waals surface area contributed by atoms with Crippen LogP contribution >= 0.6 is 11.3 Å². The predicted octanol–water partition coefficient (Wildman–Crippen LogP) is 4.64. The van der Waals surface area contributed by atoms with Crippen molar-refractivity contribution >= 4 is 22.4 Å². The fraction of sp³-hybridized carbons (Fsp3) is 0.238. The molecule has 1 fully saturated rings. The second-order valence-corrected chi connectivity index (χ2v) is 7.72. The summed E-state index contributed by atoms with van der Waals surface area (Å²) < 4.78 is 44.9. The lowest BCUT2D eigenvalue weighted by Crippen LogP contribution is -2.13. The number of methoxy groups -OCH3 is 1. The molecule has 31 heavy (non-hydrogen) atoms. The molecule has 0 saturated heterocycles. The Kier molecular flexibility index (Phi) is 5.61. The van der Waals surface area contributed by atoms with Crippen molar-refractivity contribution in [3.05, 3.63) is 52.8 Å². The fourth-order valence-corrected chi connectivity index (χ4v) is 3.38. The summed E-state index contributed by atoms with van der Waals surface area (Å²) in [7, 11) is 1.34. The first-order chi connectivity index (χ1) is 14.8. The molecule has 1 aliphatic rings. The number of aromatic nitrogens is 3. The molecule has 2 aromatic heterocycles. The Bertz CT molecular complexity index is 1190. The number of benzene rings is 1. The van der Waals surface area contributed by atoms with Gasteiger partial charge in [0.25, 0.3) is 5.91 Å². The number of carbonyl (C=O) groups excluding carboxylic acids is 1. The Balaban J connectivity index is 1.65. The van der Waals surface area contributed by atoms with Crippen molar-refractivity contribution in [1.82, 2.24) is 15.2 Å². The van der Waals surface area contributed by atoms with E-state index in [0.717, 1.165) is 36.3 Å². The van der Waals surface area contributed by atoms with Crippen molar-refractivity contribution in [3.63, 3.8) is 0 Å². The highest BCUT2D eigenvalue weighted by Crippen LogP contribution is 2.38. The molecule has 0 bridgehead atoms. The molecule has 1 N–H and O–H groups in total. The molecule has 1 saturated carbocycles. The van der Waals surface area contributed by atoms with Gasteiger partial charge in [0.05, 0.1) is 18.2 Å². The van der Waals surface area contributed by atoms with E-state index in [-0.39, 0.29) is 27.6 Å². The minimum absolute atomic E-state index is 0.101. The van der Waals surface area contributed by atoms with Gasteiger partial charge in [-0.1, -0.05) is 17.3 Å². The topological polar surface area (TPSA) is 77.0 Å². The van der Waals surface area contributed by atoms with Crippen LogP contribution in [0.3, 0.4) is 0 Å². The van der Waals surface area contributed by atoms with E-state index in [1.807, 2.05) is 0 Å². The Morgan fingerprint density at radius 1 is 1.23 bits per heavy atom. The van der Waals surface area contributed by atoms with Crippen molar-refractivity contribution in [2.75, 3.05) is 12.4 Å². The molecular formula is C21H15F3N4O2S. The summed E-state index contributed by atoms with van der Waals surface area (Å²) in [6.07, 6.45) is 0.319. The Hall–Kier alpha value is -3.45. The van der Waals surface area contributed by atoms with E-state index in [4.69, 9.17) is 4.74 Å². The van der Waals surface area contributed by atoms with Gasteiger partial charge >= 0.3 is 6.18 Å². The van der Waals surface area contributed by atoms with Crippen molar-refractivity contribution < 1.29 is 22.7 Å². The molecule has 3 aromatic rings. The van der Waals surface area contributed by atoms with Crippen molar-refractivity contribution in [2.24, 2.45) is 5.92 Å². The maximum Gasteiger partial charge on any atom is 0.416 e. The molecule has 6 nitrogen and oxygen atoms in total. The third kappa shape index (κ3) is 4.83. The number of halogens is 3. The third-order valence-electron chi connectivity index (χ3n) is 4.49. The van der Waals surface area contributed by atoms with Gasteiger partial charge in [0.15, 0.2) is 5.01 Å². The summed E-state index contributed by atoms with van der Waals surface area (Å²) in [6, 6.07) is 4.48. The summed E-state index contributed by atoms with van der Waals surface area (Å²) in [5, 5.41) is 11.2. The van der Waals surface area contributed by atoms with Crippen molar-refractivity contribution in [3.8, 4) is 28.7 Å². The Labute approximate surface area is 179 Å². The van der Waals surface area contributed by atoms with Crippen LogP contribution in [0.25, 0.3) is 11.1 Å². The van der Waals surface area contributed by atoms with E-state index >= 15 is 0 Å². The molecule has 2 heterocycles. The first-order valence-corrected chi connectivity index (χ1v) is 10.0. The van der Waals surface area contributed by atoms with E-state index in [1.54, 1.807) is 0 Å². The molecule has 0 spiro atoms. The zero-order valence-electron chi connectivity index (χ0n) is 16.2. The smallest absolute Gasteiger partial charge is 0.416 e. The van der Waals surface area contributed by atoms with Crippen LogP contribution in [0.1, 0.15) is 33.8 Å². The van der Waals surface area contributed by atoms with Crippen LogP contribution in [0, 0.1) is 17.8 Å². The number of hydrogen-bond donors (Lipinski definition) is 1. The maximum absolute atomic E-state index is 13.2. The fourth-order valence-electron chi connectivity index (χ4n) is 2.78. The second-order valence-electron chi connectivity index (χ2n) is 6.74. The van der Waals surface area contributed by atoms with E-state index in [0.29, 0.717) is 10.9 Å². The molecule has 0 radical (unpaired) electrons. The number of ether oxygens (including phenoxy) is 1. The highest BCUT2D eigenvalue weighted by atomic mass is 32.1. The van der Waals surface area contributed by atoms with Gasteiger partial charge in [0.2, 0.25) is 5.13 Å². The lowest BCUT2D eigenvalue weighted by molar-refractivity contribution is -0.137. The highest BCUT2D eigenvalue weighted by Gasteiger charge is 2.32. The average molecular weight is 444 g/mol. The minimum Gasteiger partial charge on any atom is -0.496 e. The molecule has 0 atom stereocenters. The number of rotatable bonds is 4. The van der Waals surface area contributed by atoms with E-state index < -0.39 is 17.6 Å². The van der Waals surface area contributed by atoms with Crippen LogP contribution < -0.4 is 10.1 Å². The van der Waals surface area contributed by atoms with Crippen LogP contribution in [0.15, 0.2) is 36.7 Å². The summed E-state index contributed by atoms with van der Waals surface area (Å²) in [5.41, 5.74) is -0.444. The van der Waals surface area contributed by atoms with E-state index in [1.165, 1.54) is 31.6 Å². The third-order valence-corrected chi connectivity index (χ3v) is 5.24. The number of nitrogens with one attached hydrogen (secondary N) is 1. The van der Waals surface area contributed by atoms with Gasteiger partial charge in [0.1, 0.15) is 5.75 Å². The molecule has 1 aromatic carbocycles. The zero-order valence-corrected chi connectivity index (χ0v) is 17.0. The van der Waals surface area contributed by atoms with E-state index in [9.17, 15) is 18.0 Å². The van der Waals surface area contributed by atoms with Gasteiger partial charge < -0.3 is 4.74 Å². The van der Waals surface area contributed by atoms with Gasteiger partial charge in [-0.15, -0.1) is 10.2 Å². The summed E-state index contributed by atoms with van der Waals surface area (Å²) in [6.45, 7) is 0. The molecule has 4 rings (SSSR count). The Morgan fingerprint density at radius 2 is 2.03 bits per heavy atom. The largest absolute Gasteiger partial charge is 0.496 e. The average Bonchev–Trinajstić information content (AvgIpc) is 3.49. The van der Waals surface area contributed by atoms with Gasteiger partial charge in [0, 0.05) is 29.4 Å². The lowest BCUT2D eigenvalue weighted by Gasteiger charge is -2.15. The van der Waals surface area contributed by atoms with Crippen LogP contribution in [0.5, 0.6) is 5.75 Å². The normalized spacial score (nSPS) is 13.3. The van der Waals surface area contributed by atoms with E-state index in [2.05, 4.69) is 32.3 Å². The molecule has 0 aliphatic heterocycles. The molecule has 1 aliphatic carbocycles. The van der Waals surface area contributed by atoms with Crippen LogP contribution in [-0.4, -0.2) is 28.2 Å². The number of anilines is 1. The number of nitrogens with zero attached hydrogens (tertiary/aromatic N) is 3. The summed E-state index contributed by atoms with van der Waals surface area (Å²) >= 11 is 1.12. The monoisotopic (exact) mass is 444 g/mol. The van der Waals surface area contributed by atoms with Crippen LogP contribution in [0.2, 0.25) is 0 Å². The molecule has 1 amide bonds. The number of carbonyl (C=O) groups is 1. The second kappa shape index (κ2) is 8.35. The molecule has 158 valence electrons. The SMILES string of the molecule is COc1ccc(C(F)(F)F)cc1-c1cnccc1C(=O)Nc1nnc(C#CC2CC2)s1. The van der Waals surface area contributed by atoms with Crippen LogP contribution in [-0.2, 0) is 6.18 Å². The van der Waals surface area contributed by atoms with Gasteiger partial charge in [-0.2, -0.15) is 13.2 Å². The van der Waals surface area contributed by atoms with Gasteiger partial charge in [-0.05, 0) is 43.0 Å².